The molecule has 2 heterocycles. The number of amides is 1. The molecule has 144 valence electrons. The van der Waals surface area contributed by atoms with Crippen LogP contribution in [0.15, 0.2) is 30.3 Å². The lowest BCUT2D eigenvalue weighted by molar-refractivity contribution is -0.132. The maximum absolute atomic E-state index is 12.1. The van der Waals surface area contributed by atoms with Gasteiger partial charge in [-0.3, -0.25) is 9.69 Å². The Balaban J connectivity index is 1.33. The van der Waals surface area contributed by atoms with Gasteiger partial charge in [0.1, 0.15) is 0 Å². The van der Waals surface area contributed by atoms with Gasteiger partial charge in [-0.15, -0.1) is 0 Å². The number of piperidine rings is 1. The fourth-order valence-corrected chi connectivity index (χ4v) is 4.19. The Morgan fingerprint density at radius 1 is 0.962 bits per heavy atom. The third-order valence-corrected chi connectivity index (χ3v) is 5.94. The lowest BCUT2D eigenvalue weighted by Crippen LogP contribution is -2.48. The van der Waals surface area contributed by atoms with E-state index in [2.05, 4.69) is 52.0 Å². The van der Waals surface area contributed by atoms with Crippen molar-refractivity contribution in [3.8, 4) is 0 Å². The summed E-state index contributed by atoms with van der Waals surface area (Å²) in [5.74, 6) is 1.14. The molecular formula is C22H35N3O. The number of benzene rings is 1. The summed E-state index contributed by atoms with van der Waals surface area (Å²) in [5.41, 5.74) is 1.42. The molecule has 0 aliphatic carbocycles. The number of hydrogen-bond acceptors (Lipinski definition) is 3. The minimum atomic E-state index is 0.375. The van der Waals surface area contributed by atoms with Crippen LogP contribution in [0.1, 0.15) is 44.6 Å². The third kappa shape index (κ3) is 5.82. The van der Waals surface area contributed by atoms with Gasteiger partial charge < -0.3 is 9.80 Å². The van der Waals surface area contributed by atoms with Crippen LogP contribution in [0.5, 0.6) is 0 Å². The Hall–Kier alpha value is -1.39. The summed E-state index contributed by atoms with van der Waals surface area (Å²) in [5, 5.41) is 0. The average Bonchev–Trinajstić information content (AvgIpc) is 2.69. The summed E-state index contributed by atoms with van der Waals surface area (Å²) >= 11 is 0. The van der Waals surface area contributed by atoms with E-state index >= 15 is 0 Å². The van der Waals surface area contributed by atoms with E-state index in [0.717, 1.165) is 44.8 Å². The average molecular weight is 358 g/mol. The van der Waals surface area contributed by atoms with Crippen LogP contribution in [0.3, 0.4) is 0 Å². The van der Waals surface area contributed by atoms with Gasteiger partial charge in [0.25, 0.3) is 0 Å². The predicted octanol–water partition coefficient (Wildman–Crippen LogP) is 3.23. The molecule has 3 rings (SSSR count). The molecule has 0 aromatic heterocycles. The number of rotatable bonds is 7. The topological polar surface area (TPSA) is 26.8 Å². The highest BCUT2D eigenvalue weighted by Gasteiger charge is 2.25. The van der Waals surface area contributed by atoms with Gasteiger partial charge in [-0.2, -0.15) is 0 Å². The molecule has 0 unspecified atom stereocenters. The van der Waals surface area contributed by atoms with Gasteiger partial charge in [-0.1, -0.05) is 43.7 Å². The van der Waals surface area contributed by atoms with Gasteiger partial charge in [0.05, 0.1) is 0 Å². The summed E-state index contributed by atoms with van der Waals surface area (Å²) in [6, 6.07) is 10.8. The van der Waals surface area contributed by atoms with E-state index in [-0.39, 0.29) is 0 Å². The fraction of sp³-hybridized carbons (Fsp3) is 0.682. The first-order chi connectivity index (χ1) is 12.7. The van der Waals surface area contributed by atoms with Gasteiger partial charge in [0.15, 0.2) is 0 Å². The number of piperazine rings is 1. The quantitative estimate of drug-likeness (QED) is 0.750. The molecular weight excluding hydrogens is 322 g/mol. The van der Waals surface area contributed by atoms with Crippen molar-refractivity contribution < 1.29 is 4.79 Å². The van der Waals surface area contributed by atoms with Crippen molar-refractivity contribution in [3.05, 3.63) is 35.9 Å². The third-order valence-electron chi connectivity index (χ3n) is 5.94. The zero-order chi connectivity index (χ0) is 18.2. The Morgan fingerprint density at radius 2 is 1.62 bits per heavy atom. The zero-order valence-corrected chi connectivity index (χ0v) is 16.4. The largest absolute Gasteiger partial charge is 0.343 e. The molecule has 0 bridgehead atoms. The van der Waals surface area contributed by atoms with Gasteiger partial charge in [0, 0.05) is 58.8 Å². The summed E-state index contributed by atoms with van der Waals surface area (Å²) < 4.78 is 0. The fourth-order valence-electron chi connectivity index (χ4n) is 4.19. The van der Waals surface area contributed by atoms with E-state index < -0.39 is 0 Å². The molecule has 2 saturated heterocycles. The smallest absolute Gasteiger partial charge is 0.222 e. The Morgan fingerprint density at radius 3 is 2.27 bits per heavy atom. The van der Waals surface area contributed by atoms with E-state index in [1.165, 1.54) is 51.1 Å². The molecule has 1 aromatic carbocycles. The van der Waals surface area contributed by atoms with Crippen molar-refractivity contribution in [3.63, 3.8) is 0 Å². The van der Waals surface area contributed by atoms with Crippen molar-refractivity contribution in [2.75, 3.05) is 45.8 Å². The SMILES string of the molecule is CCCCC(=O)N1CCC(CN2CCN(Cc3ccccc3)CC2)CC1. The van der Waals surface area contributed by atoms with Gasteiger partial charge in [-0.05, 0) is 30.7 Å². The summed E-state index contributed by atoms with van der Waals surface area (Å²) in [4.78, 5) is 19.5. The molecule has 4 heteroatoms. The van der Waals surface area contributed by atoms with E-state index in [0.29, 0.717) is 5.91 Å². The molecule has 2 aliphatic heterocycles. The number of carbonyl (C=O) groups is 1. The lowest BCUT2D eigenvalue weighted by Gasteiger charge is -2.39. The normalized spacial score (nSPS) is 20.4. The van der Waals surface area contributed by atoms with Gasteiger partial charge in [-0.25, -0.2) is 0 Å². The van der Waals surface area contributed by atoms with Crippen LogP contribution < -0.4 is 0 Å². The molecule has 2 aliphatic rings. The second kappa shape index (κ2) is 10.1. The first kappa shape index (κ1) is 19.4. The number of unbranched alkanes of at least 4 members (excludes halogenated alkanes) is 1. The van der Waals surface area contributed by atoms with E-state index in [1.807, 2.05) is 0 Å². The molecule has 0 saturated carbocycles. The maximum atomic E-state index is 12.1. The van der Waals surface area contributed by atoms with E-state index in [4.69, 9.17) is 0 Å². The van der Waals surface area contributed by atoms with Crippen molar-refractivity contribution in [2.45, 2.75) is 45.6 Å². The zero-order valence-electron chi connectivity index (χ0n) is 16.4. The Bertz CT molecular complexity index is 532. The number of likely N-dealkylation sites (tertiary alicyclic amines) is 1. The number of carbonyl (C=O) groups excluding carboxylic acids is 1. The van der Waals surface area contributed by atoms with Gasteiger partial charge in [0.2, 0.25) is 5.91 Å². The molecule has 2 fully saturated rings. The molecule has 0 N–H and O–H groups in total. The highest BCUT2D eigenvalue weighted by atomic mass is 16.2. The van der Waals surface area contributed by atoms with Crippen LogP contribution in [0.2, 0.25) is 0 Å². The molecule has 4 nitrogen and oxygen atoms in total. The van der Waals surface area contributed by atoms with Crippen molar-refractivity contribution in [2.24, 2.45) is 5.92 Å². The van der Waals surface area contributed by atoms with Gasteiger partial charge >= 0.3 is 0 Å². The molecule has 1 amide bonds. The molecule has 0 atom stereocenters. The van der Waals surface area contributed by atoms with E-state index in [1.54, 1.807) is 0 Å². The lowest BCUT2D eigenvalue weighted by atomic mass is 9.95. The van der Waals surface area contributed by atoms with Crippen LogP contribution >= 0.6 is 0 Å². The first-order valence-corrected chi connectivity index (χ1v) is 10.5. The van der Waals surface area contributed by atoms with Crippen molar-refractivity contribution >= 4 is 5.91 Å². The van der Waals surface area contributed by atoms with Crippen molar-refractivity contribution in [1.82, 2.24) is 14.7 Å². The summed E-state index contributed by atoms with van der Waals surface area (Å²) in [7, 11) is 0. The monoisotopic (exact) mass is 357 g/mol. The van der Waals surface area contributed by atoms with Crippen LogP contribution in [0, 0.1) is 5.92 Å². The second-order valence-corrected chi connectivity index (χ2v) is 7.99. The summed E-state index contributed by atoms with van der Waals surface area (Å²) in [6.07, 6.45) is 5.25. The van der Waals surface area contributed by atoms with Crippen LogP contribution in [-0.2, 0) is 11.3 Å². The molecule has 1 aromatic rings. The number of nitrogens with zero attached hydrogens (tertiary/aromatic N) is 3. The molecule has 26 heavy (non-hydrogen) atoms. The first-order valence-electron chi connectivity index (χ1n) is 10.5. The Kier molecular flexibility index (Phi) is 7.51. The van der Waals surface area contributed by atoms with Crippen molar-refractivity contribution in [1.29, 1.82) is 0 Å². The predicted molar refractivity (Wildman–Crippen MR) is 107 cm³/mol. The number of hydrogen-bond donors (Lipinski definition) is 0. The van der Waals surface area contributed by atoms with Crippen LogP contribution in [-0.4, -0.2) is 66.4 Å². The standard InChI is InChI=1S/C22H35N3O/c1-2-3-9-22(26)25-12-10-21(11-13-25)19-24-16-14-23(15-17-24)18-20-7-5-4-6-8-20/h4-8,21H,2-3,9-19H2,1H3. The van der Waals surface area contributed by atoms with E-state index in [9.17, 15) is 4.79 Å². The molecule has 0 radical (unpaired) electrons. The summed E-state index contributed by atoms with van der Waals surface area (Å²) in [6.45, 7) is 11.1. The molecule has 0 spiro atoms. The van der Waals surface area contributed by atoms with Crippen LogP contribution in [0.4, 0.5) is 0 Å². The minimum absolute atomic E-state index is 0.375. The minimum Gasteiger partial charge on any atom is -0.343 e. The second-order valence-electron chi connectivity index (χ2n) is 7.99. The van der Waals surface area contributed by atoms with Crippen LogP contribution in [0.25, 0.3) is 0 Å². The maximum Gasteiger partial charge on any atom is 0.222 e. The highest BCUT2D eigenvalue weighted by molar-refractivity contribution is 5.76. The highest BCUT2D eigenvalue weighted by Crippen LogP contribution is 2.20. The Labute approximate surface area is 159 Å².